The third kappa shape index (κ3) is 3.34. The highest BCUT2D eigenvalue weighted by atomic mass is 32.2. The number of hydrogen-bond donors (Lipinski definition) is 1. The SMILES string of the molecule is NS(=O)(=O)c1ccc(S(=O)(=O)N2CCC(n3nccn3)CC2)cc1. The molecular formula is C13H17N5O4S2. The van der Waals surface area contributed by atoms with Gasteiger partial charge >= 0.3 is 0 Å². The summed E-state index contributed by atoms with van der Waals surface area (Å²) in [6, 6.07) is 4.99. The van der Waals surface area contributed by atoms with Crippen LogP contribution in [0.25, 0.3) is 0 Å². The lowest BCUT2D eigenvalue weighted by molar-refractivity contribution is 0.245. The molecule has 2 N–H and O–H groups in total. The summed E-state index contributed by atoms with van der Waals surface area (Å²) in [4.78, 5) is 1.53. The monoisotopic (exact) mass is 371 g/mol. The molecule has 0 saturated carbocycles. The molecule has 1 aliphatic rings. The van der Waals surface area contributed by atoms with Gasteiger partial charge in [0, 0.05) is 13.1 Å². The fourth-order valence-electron chi connectivity index (χ4n) is 2.68. The molecular weight excluding hydrogens is 354 g/mol. The molecule has 0 radical (unpaired) electrons. The van der Waals surface area contributed by atoms with Crippen LogP contribution in [0.15, 0.2) is 46.5 Å². The van der Waals surface area contributed by atoms with E-state index >= 15 is 0 Å². The lowest BCUT2D eigenvalue weighted by Gasteiger charge is -2.30. The number of nitrogens with two attached hydrogens (primary N) is 1. The number of benzene rings is 1. The Balaban J connectivity index is 1.74. The molecule has 24 heavy (non-hydrogen) atoms. The highest BCUT2D eigenvalue weighted by Gasteiger charge is 2.30. The molecule has 2 aromatic rings. The molecule has 1 fully saturated rings. The van der Waals surface area contributed by atoms with Crippen LogP contribution in [0.2, 0.25) is 0 Å². The largest absolute Gasteiger partial charge is 0.243 e. The van der Waals surface area contributed by atoms with Crippen LogP contribution in [0, 0.1) is 0 Å². The standard InChI is InChI=1S/C13H17N5O4S2/c14-23(19,20)12-1-3-13(4-2-12)24(21,22)17-9-5-11(6-10-17)18-15-7-8-16-18/h1-4,7-8,11H,5-6,9-10H2,(H2,14,19,20). The fourth-order valence-corrected chi connectivity index (χ4v) is 4.66. The van der Waals surface area contributed by atoms with Gasteiger partial charge in [-0.25, -0.2) is 22.0 Å². The summed E-state index contributed by atoms with van der Waals surface area (Å²) >= 11 is 0. The Labute approximate surface area is 140 Å². The summed E-state index contributed by atoms with van der Waals surface area (Å²) in [6.45, 7) is 0.705. The van der Waals surface area contributed by atoms with Crippen molar-refractivity contribution in [2.24, 2.45) is 5.14 Å². The molecule has 0 unspecified atom stereocenters. The molecule has 2 heterocycles. The van der Waals surface area contributed by atoms with Crippen LogP contribution in [0.1, 0.15) is 18.9 Å². The highest BCUT2D eigenvalue weighted by molar-refractivity contribution is 7.89. The zero-order valence-electron chi connectivity index (χ0n) is 12.7. The number of primary sulfonamides is 1. The average molecular weight is 371 g/mol. The van der Waals surface area contributed by atoms with E-state index in [1.165, 1.54) is 28.6 Å². The minimum absolute atomic E-state index is 0.0468. The van der Waals surface area contributed by atoms with Gasteiger partial charge in [-0.15, -0.1) is 0 Å². The van der Waals surface area contributed by atoms with Crippen LogP contribution < -0.4 is 5.14 Å². The lowest BCUT2D eigenvalue weighted by atomic mass is 10.1. The van der Waals surface area contributed by atoms with Crippen molar-refractivity contribution in [1.29, 1.82) is 0 Å². The van der Waals surface area contributed by atoms with Crippen molar-refractivity contribution in [2.75, 3.05) is 13.1 Å². The first-order chi connectivity index (χ1) is 11.3. The maximum atomic E-state index is 12.6. The van der Waals surface area contributed by atoms with Gasteiger partial charge in [0.1, 0.15) is 0 Å². The molecule has 0 amide bonds. The van der Waals surface area contributed by atoms with Crippen molar-refractivity contribution in [3.63, 3.8) is 0 Å². The zero-order valence-corrected chi connectivity index (χ0v) is 14.3. The van der Waals surface area contributed by atoms with Crippen molar-refractivity contribution in [3.8, 4) is 0 Å². The Bertz CT molecular complexity index is 900. The molecule has 1 saturated heterocycles. The second-order valence-electron chi connectivity index (χ2n) is 5.50. The second-order valence-corrected chi connectivity index (χ2v) is 9.00. The molecule has 1 aliphatic heterocycles. The van der Waals surface area contributed by atoms with E-state index < -0.39 is 20.0 Å². The van der Waals surface area contributed by atoms with Crippen molar-refractivity contribution in [3.05, 3.63) is 36.7 Å². The normalized spacial score (nSPS) is 17.9. The quantitative estimate of drug-likeness (QED) is 0.802. The molecule has 1 aromatic heterocycles. The summed E-state index contributed by atoms with van der Waals surface area (Å²) in [5.41, 5.74) is 0. The van der Waals surface area contributed by atoms with Gasteiger partial charge in [-0.05, 0) is 37.1 Å². The summed E-state index contributed by atoms with van der Waals surface area (Å²) in [7, 11) is -7.52. The Hall–Kier alpha value is -1.82. The summed E-state index contributed by atoms with van der Waals surface area (Å²) in [5.74, 6) is 0. The van der Waals surface area contributed by atoms with E-state index in [0.717, 1.165) is 0 Å². The molecule has 3 rings (SSSR count). The van der Waals surface area contributed by atoms with E-state index in [2.05, 4.69) is 10.2 Å². The molecule has 9 nitrogen and oxygen atoms in total. The Kier molecular flexibility index (Phi) is 4.42. The molecule has 1 aromatic carbocycles. The van der Waals surface area contributed by atoms with Crippen molar-refractivity contribution in [1.82, 2.24) is 19.3 Å². The van der Waals surface area contributed by atoms with Gasteiger partial charge < -0.3 is 0 Å². The Morgan fingerprint density at radius 2 is 1.42 bits per heavy atom. The molecule has 0 aliphatic carbocycles. The summed E-state index contributed by atoms with van der Waals surface area (Å²) in [6.07, 6.45) is 4.42. The van der Waals surface area contributed by atoms with Gasteiger partial charge in [0.15, 0.2) is 0 Å². The molecule has 0 bridgehead atoms. The Morgan fingerprint density at radius 3 is 1.92 bits per heavy atom. The van der Waals surface area contributed by atoms with Crippen molar-refractivity contribution < 1.29 is 16.8 Å². The van der Waals surface area contributed by atoms with Crippen LogP contribution >= 0.6 is 0 Å². The first-order valence-electron chi connectivity index (χ1n) is 7.27. The maximum absolute atomic E-state index is 12.6. The third-order valence-corrected chi connectivity index (χ3v) is 6.82. The van der Waals surface area contributed by atoms with E-state index in [1.54, 1.807) is 17.2 Å². The summed E-state index contributed by atoms with van der Waals surface area (Å²) in [5, 5.41) is 13.2. The van der Waals surface area contributed by atoms with Crippen molar-refractivity contribution in [2.45, 2.75) is 28.7 Å². The van der Waals surface area contributed by atoms with Gasteiger partial charge in [0.25, 0.3) is 0 Å². The van der Waals surface area contributed by atoms with Crippen molar-refractivity contribution >= 4 is 20.0 Å². The second kappa shape index (κ2) is 6.24. The van der Waals surface area contributed by atoms with Gasteiger partial charge in [0.05, 0.1) is 28.2 Å². The fraction of sp³-hybridized carbons (Fsp3) is 0.385. The Morgan fingerprint density at radius 1 is 0.917 bits per heavy atom. The number of hydrogen-bond acceptors (Lipinski definition) is 6. The number of nitrogens with zero attached hydrogens (tertiary/aromatic N) is 4. The molecule has 130 valence electrons. The van der Waals surface area contributed by atoms with Crippen LogP contribution in [-0.2, 0) is 20.0 Å². The minimum atomic E-state index is -3.85. The number of aromatic nitrogens is 3. The predicted octanol–water partition coefficient (Wildman–Crippen LogP) is -0.0487. The van der Waals surface area contributed by atoms with Gasteiger partial charge in [-0.1, -0.05) is 0 Å². The van der Waals surface area contributed by atoms with E-state index in [-0.39, 0.29) is 15.8 Å². The van der Waals surface area contributed by atoms with Crippen LogP contribution in [0.4, 0.5) is 0 Å². The summed E-state index contributed by atoms with van der Waals surface area (Å²) < 4.78 is 49.2. The van der Waals surface area contributed by atoms with Gasteiger partial charge in [0.2, 0.25) is 20.0 Å². The highest BCUT2D eigenvalue weighted by Crippen LogP contribution is 2.26. The third-order valence-electron chi connectivity index (χ3n) is 3.98. The average Bonchev–Trinajstić information content (AvgIpc) is 3.09. The first kappa shape index (κ1) is 17.0. The van der Waals surface area contributed by atoms with E-state index in [4.69, 9.17) is 5.14 Å². The lowest BCUT2D eigenvalue weighted by Crippen LogP contribution is -2.39. The van der Waals surface area contributed by atoms with Gasteiger partial charge in [-0.2, -0.15) is 19.3 Å². The van der Waals surface area contributed by atoms with Crippen LogP contribution in [0.3, 0.4) is 0 Å². The van der Waals surface area contributed by atoms with Crippen LogP contribution in [-0.4, -0.2) is 49.2 Å². The molecule has 11 heteroatoms. The number of rotatable bonds is 4. The van der Waals surface area contributed by atoms with Gasteiger partial charge in [-0.3, -0.25) is 0 Å². The first-order valence-corrected chi connectivity index (χ1v) is 10.3. The zero-order chi connectivity index (χ0) is 17.4. The number of sulfonamides is 2. The van der Waals surface area contributed by atoms with E-state index in [9.17, 15) is 16.8 Å². The minimum Gasteiger partial charge on any atom is -0.225 e. The maximum Gasteiger partial charge on any atom is 0.243 e. The topological polar surface area (TPSA) is 128 Å². The predicted molar refractivity (Wildman–Crippen MR) is 84.9 cm³/mol. The molecule has 0 atom stereocenters. The van der Waals surface area contributed by atoms with E-state index in [1.807, 2.05) is 0 Å². The van der Waals surface area contributed by atoms with E-state index in [0.29, 0.717) is 25.9 Å². The smallest absolute Gasteiger partial charge is 0.225 e. The number of piperidine rings is 1. The molecule has 0 spiro atoms. The van der Waals surface area contributed by atoms with Crippen LogP contribution in [0.5, 0.6) is 0 Å².